The molecule has 0 aromatic heterocycles. The number of hydrogen-bond donors (Lipinski definition) is 1. The van der Waals surface area contributed by atoms with E-state index in [0.717, 1.165) is 30.6 Å². The lowest BCUT2D eigenvalue weighted by atomic mass is 9.65. The monoisotopic (exact) mass is 277 g/mol. The summed E-state index contributed by atoms with van der Waals surface area (Å²) in [5, 5.41) is 0. The Labute approximate surface area is 127 Å². The van der Waals surface area contributed by atoms with Crippen LogP contribution < -0.4 is 5.73 Å². The maximum atomic E-state index is 6.33. The van der Waals surface area contributed by atoms with Gasteiger partial charge in [-0.1, -0.05) is 47.5 Å². The molecule has 1 rings (SSSR count). The van der Waals surface area contributed by atoms with Gasteiger partial charge in [-0.3, -0.25) is 0 Å². The molecule has 7 unspecified atom stereocenters. The minimum absolute atomic E-state index is 0.253. The summed E-state index contributed by atoms with van der Waals surface area (Å²) in [5.41, 5.74) is 6.33. The first-order chi connectivity index (χ1) is 9.46. The van der Waals surface area contributed by atoms with E-state index >= 15 is 0 Å². The van der Waals surface area contributed by atoms with Crippen molar-refractivity contribution in [3.05, 3.63) is 0 Å². The van der Waals surface area contributed by atoms with Gasteiger partial charge in [0.2, 0.25) is 0 Å². The zero-order valence-electron chi connectivity index (χ0n) is 14.2. The highest BCUT2D eigenvalue weighted by molar-refractivity contribution is 5.02. The molecule has 0 aliphatic heterocycles. The Morgan fingerprint density at radius 2 is 1.80 bits per heavy atom. The van der Waals surface area contributed by atoms with Gasteiger partial charge in [-0.15, -0.1) is 12.3 Å². The molecule has 20 heavy (non-hydrogen) atoms. The first-order valence-corrected chi connectivity index (χ1v) is 8.67. The molecule has 0 heterocycles. The fraction of sp³-hybridized carbons (Fsp3) is 0.895. The quantitative estimate of drug-likeness (QED) is 0.699. The molecule has 0 aromatic carbocycles. The molecule has 0 aromatic rings. The van der Waals surface area contributed by atoms with Crippen molar-refractivity contribution in [3.63, 3.8) is 0 Å². The Hall–Kier alpha value is -0.480. The van der Waals surface area contributed by atoms with Crippen molar-refractivity contribution < 1.29 is 0 Å². The van der Waals surface area contributed by atoms with Gasteiger partial charge in [0, 0.05) is 12.0 Å². The Balaban J connectivity index is 2.76. The van der Waals surface area contributed by atoms with E-state index in [9.17, 15) is 0 Å². The lowest BCUT2D eigenvalue weighted by Crippen LogP contribution is -2.39. The van der Waals surface area contributed by atoms with Crippen LogP contribution in [0.1, 0.15) is 66.7 Å². The molecule has 0 bridgehead atoms. The third kappa shape index (κ3) is 4.01. The highest BCUT2D eigenvalue weighted by Crippen LogP contribution is 2.41. The highest BCUT2D eigenvalue weighted by Gasteiger charge is 2.35. The van der Waals surface area contributed by atoms with Crippen LogP contribution in [0.3, 0.4) is 0 Å². The molecule has 0 spiro atoms. The lowest BCUT2D eigenvalue weighted by Gasteiger charge is -2.40. The third-order valence-electron chi connectivity index (χ3n) is 6.10. The molecule has 1 nitrogen and oxygen atoms in total. The normalized spacial score (nSPS) is 33.0. The van der Waals surface area contributed by atoms with Crippen LogP contribution in [-0.2, 0) is 0 Å². The van der Waals surface area contributed by atoms with Crippen LogP contribution in [0.15, 0.2) is 0 Å². The van der Waals surface area contributed by atoms with Crippen LogP contribution in [0.2, 0.25) is 0 Å². The van der Waals surface area contributed by atoms with E-state index in [1.54, 1.807) is 0 Å². The molecule has 116 valence electrons. The van der Waals surface area contributed by atoms with Crippen molar-refractivity contribution in [1.29, 1.82) is 0 Å². The molecule has 1 heteroatoms. The smallest absolute Gasteiger partial charge is 0.0271 e. The second kappa shape index (κ2) is 8.08. The summed E-state index contributed by atoms with van der Waals surface area (Å²) in [5.74, 6) is 7.06. The van der Waals surface area contributed by atoms with Crippen molar-refractivity contribution in [2.45, 2.75) is 72.8 Å². The average Bonchev–Trinajstić information content (AvgIpc) is 2.46. The first-order valence-electron chi connectivity index (χ1n) is 8.67. The van der Waals surface area contributed by atoms with Gasteiger partial charge in [-0.2, -0.15) is 0 Å². The maximum Gasteiger partial charge on any atom is 0.0271 e. The van der Waals surface area contributed by atoms with Gasteiger partial charge in [0.1, 0.15) is 0 Å². The van der Waals surface area contributed by atoms with Crippen LogP contribution in [-0.4, -0.2) is 6.04 Å². The summed E-state index contributed by atoms with van der Waals surface area (Å²) >= 11 is 0. The van der Waals surface area contributed by atoms with Crippen LogP contribution in [0.25, 0.3) is 0 Å². The number of rotatable bonds is 6. The van der Waals surface area contributed by atoms with Crippen molar-refractivity contribution in [1.82, 2.24) is 0 Å². The number of hydrogen-bond acceptors (Lipinski definition) is 1. The second-order valence-corrected chi connectivity index (χ2v) is 7.22. The fourth-order valence-electron chi connectivity index (χ4n) is 4.15. The maximum absolute atomic E-state index is 6.33. The summed E-state index contributed by atoms with van der Waals surface area (Å²) in [6.45, 7) is 11.6. The summed E-state index contributed by atoms with van der Waals surface area (Å²) in [6.07, 6.45) is 12.1. The number of nitrogens with two attached hydrogens (primary N) is 1. The highest BCUT2D eigenvalue weighted by atomic mass is 14.7. The average molecular weight is 277 g/mol. The first kappa shape index (κ1) is 17.6. The second-order valence-electron chi connectivity index (χ2n) is 7.22. The lowest BCUT2D eigenvalue weighted by molar-refractivity contribution is 0.116. The zero-order valence-corrected chi connectivity index (χ0v) is 14.2. The molecule has 1 saturated carbocycles. The van der Waals surface area contributed by atoms with Gasteiger partial charge in [0.05, 0.1) is 0 Å². The fourth-order valence-corrected chi connectivity index (χ4v) is 4.15. The summed E-state index contributed by atoms with van der Waals surface area (Å²) in [6, 6.07) is 0.253. The molecule has 1 fully saturated rings. The summed E-state index contributed by atoms with van der Waals surface area (Å²) in [4.78, 5) is 0. The minimum atomic E-state index is 0.253. The van der Waals surface area contributed by atoms with Crippen LogP contribution in [0, 0.1) is 47.9 Å². The molecule has 2 N–H and O–H groups in total. The topological polar surface area (TPSA) is 26.0 Å². The minimum Gasteiger partial charge on any atom is -0.327 e. The molecule has 0 saturated heterocycles. The van der Waals surface area contributed by atoms with Gasteiger partial charge < -0.3 is 5.73 Å². The van der Waals surface area contributed by atoms with E-state index in [1.165, 1.54) is 19.3 Å². The van der Waals surface area contributed by atoms with Crippen LogP contribution >= 0.6 is 0 Å². The van der Waals surface area contributed by atoms with E-state index in [2.05, 4.69) is 40.5 Å². The Kier molecular flexibility index (Phi) is 7.10. The molecule has 0 amide bonds. The van der Waals surface area contributed by atoms with Gasteiger partial charge in [-0.05, 0) is 48.9 Å². The van der Waals surface area contributed by atoms with Crippen LogP contribution in [0.4, 0.5) is 0 Å². The SMILES string of the molecule is C#CC(C(C)C1CCC(C)C(C)C1)C(CC)C(N)CC. The van der Waals surface area contributed by atoms with Crippen molar-refractivity contribution in [2.24, 2.45) is 41.2 Å². The van der Waals surface area contributed by atoms with Crippen molar-refractivity contribution >= 4 is 0 Å². The Bertz CT molecular complexity index is 316. The van der Waals surface area contributed by atoms with E-state index in [-0.39, 0.29) is 6.04 Å². The summed E-state index contributed by atoms with van der Waals surface area (Å²) < 4.78 is 0. The standard InChI is InChI=1S/C19H35N/c1-7-17(18(8-2)19(20)9-3)15(6)16-11-10-13(4)14(5)12-16/h1,13-19H,8-12,20H2,2-6H3. The zero-order chi connectivity index (χ0) is 15.3. The number of terminal acetylenes is 1. The largest absolute Gasteiger partial charge is 0.327 e. The molecular weight excluding hydrogens is 242 g/mol. The van der Waals surface area contributed by atoms with E-state index < -0.39 is 0 Å². The Morgan fingerprint density at radius 1 is 1.15 bits per heavy atom. The predicted molar refractivity (Wildman–Crippen MR) is 89.2 cm³/mol. The summed E-state index contributed by atoms with van der Waals surface area (Å²) in [7, 11) is 0. The van der Waals surface area contributed by atoms with Gasteiger partial charge >= 0.3 is 0 Å². The van der Waals surface area contributed by atoms with E-state index in [1.807, 2.05) is 0 Å². The van der Waals surface area contributed by atoms with Gasteiger partial charge in [0.25, 0.3) is 0 Å². The molecular formula is C19H35N. The third-order valence-corrected chi connectivity index (χ3v) is 6.10. The molecule has 0 radical (unpaired) electrons. The van der Waals surface area contributed by atoms with Crippen molar-refractivity contribution in [3.8, 4) is 12.3 Å². The molecule has 7 atom stereocenters. The predicted octanol–water partition coefficient (Wildman–Crippen LogP) is 4.71. The van der Waals surface area contributed by atoms with Gasteiger partial charge in [-0.25, -0.2) is 0 Å². The Morgan fingerprint density at radius 3 is 2.25 bits per heavy atom. The molecule has 1 aliphatic carbocycles. The van der Waals surface area contributed by atoms with Crippen molar-refractivity contribution in [2.75, 3.05) is 0 Å². The molecule has 1 aliphatic rings. The van der Waals surface area contributed by atoms with E-state index in [4.69, 9.17) is 12.2 Å². The van der Waals surface area contributed by atoms with E-state index in [0.29, 0.717) is 17.8 Å². The van der Waals surface area contributed by atoms with Gasteiger partial charge in [0.15, 0.2) is 0 Å². The van der Waals surface area contributed by atoms with Crippen LogP contribution in [0.5, 0.6) is 0 Å².